The van der Waals surface area contributed by atoms with Crippen molar-refractivity contribution in [3.63, 3.8) is 0 Å². The van der Waals surface area contributed by atoms with Crippen molar-refractivity contribution in [2.24, 2.45) is 5.41 Å². The van der Waals surface area contributed by atoms with Crippen LogP contribution in [0.1, 0.15) is 46.2 Å². The smallest absolute Gasteiger partial charge is 0.127 e. The fourth-order valence-electron chi connectivity index (χ4n) is 1.54. The molecule has 1 nitrogen and oxygen atoms in total. The Kier molecular flexibility index (Phi) is 4.09. The van der Waals surface area contributed by atoms with Crippen molar-refractivity contribution in [2.45, 2.75) is 46.7 Å². The van der Waals surface area contributed by atoms with Gasteiger partial charge in [-0.2, -0.15) is 0 Å². The van der Waals surface area contributed by atoms with Gasteiger partial charge in [-0.05, 0) is 25.3 Å². The van der Waals surface area contributed by atoms with Crippen LogP contribution >= 0.6 is 0 Å². The maximum Gasteiger partial charge on any atom is 0.127 e. The van der Waals surface area contributed by atoms with Crippen molar-refractivity contribution in [1.82, 2.24) is 5.32 Å². The summed E-state index contributed by atoms with van der Waals surface area (Å²) in [5, 5.41) is 3.44. The predicted octanol–water partition coefficient (Wildman–Crippen LogP) is 3.91. The Morgan fingerprint density at radius 3 is 2.19 bits per heavy atom. The van der Waals surface area contributed by atoms with E-state index in [4.69, 9.17) is 0 Å². The lowest BCUT2D eigenvalue weighted by atomic mass is 9.87. The topological polar surface area (TPSA) is 12.0 Å². The van der Waals surface area contributed by atoms with Crippen LogP contribution in [0, 0.1) is 11.2 Å². The van der Waals surface area contributed by atoms with Crippen molar-refractivity contribution < 1.29 is 4.39 Å². The first kappa shape index (κ1) is 13.2. The molecule has 1 aromatic rings. The quantitative estimate of drug-likeness (QED) is 0.819. The van der Waals surface area contributed by atoms with Crippen LogP contribution in [0.15, 0.2) is 24.3 Å². The van der Waals surface area contributed by atoms with E-state index in [1.54, 1.807) is 6.07 Å². The first-order valence-electron chi connectivity index (χ1n) is 5.83. The first-order chi connectivity index (χ1) is 7.32. The molecular formula is C14H22FN. The Labute approximate surface area is 98.1 Å². The molecule has 1 aromatic carbocycles. The predicted molar refractivity (Wildman–Crippen MR) is 66.9 cm³/mol. The van der Waals surface area contributed by atoms with Gasteiger partial charge in [0.15, 0.2) is 0 Å². The van der Waals surface area contributed by atoms with E-state index in [0.29, 0.717) is 6.04 Å². The van der Waals surface area contributed by atoms with E-state index in [0.717, 1.165) is 5.56 Å². The van der Waals surface area contributed by atoms with Gasteiger partial charge in [-0.25, -0.2) is 4.39 Å². The molecule has 0 bridgehead atoms. The van der Waals surface area contributed by atoms with Gasteiger partial charge in [-0.3, -0.25) is 0 Å². The summed E-state index contributed by atoms with van der Waals surface area (Å²) in [6, 6.07) is 7.31. The molecule has 90 valence electrons. The minimum absolute atomic E-state index is 0.0374. The molecule has 1 N–H and O–H groups in total. The number of hydrogen-bond acceptors (Lipinski definition) is 1. The van der Waals surface area contributed by atoms with Crippen LogP contribution in [0.25, 0.3) is 0 Å². The van der Waals surface area contributed by atoms with Gasteiger partial charge >= 0.3 is 0 Å². The van der Waals surface area contributed by atoms with Gasteiger partial charge in [0.25, 0.3) is 0 Å². The SMILES string of the molecule is CC(NC(C)C(C)(C)C)c1ccccc1F. The van der Waals surface area contributed by atoms with Crippen LogP contribution in [0.3, 0.4) is 0 Å². The molecule has 2 heteroatoms. The molecule has 0 aliphatic heterocycles. The zero-order chi connectivity index (χ0) is 12.3. The van der Waals surface area contributed by atoms with Gasteiger partial charge in [0, 0.05) is 17.6 Å². The lowest BCUT2D eigenvalue weighted by Gasteiger charge is -2.31. The molecule has 0 aromatic heterocycles. The summed E-state index contributed by atoms with van der Waals surface area (Å²) >= 11 is 0. The van der Waals surface area contributed by atoms with Crippen LogP contribution in [0.5, 0.6) is 0 Å². The van der Waals surface area contributed by atoms with Crippen LogP contribution in [0.2, 0.25) is 0 Å². The maximum atomic E-state index is 13.5. The molecule has 0 heterocycles. The molecular weight excluding hydrogens is 201 g/mol. The minimum Gasteiger partial charge on any atom is -0.307 e. The van der Waals surface area contributed by atoms with Crippen molar-refractivity contribution in [3.05, 3.63) is 35.6 Å². The van der Waals surface area contributed by atoms with E-state index in [-0.39, 0.29) is 17.3 Å². The first-order valence-corrected chi connectivity index (χ1v) is 5.83. The third-order valence-corrected chi connectivity index (χ3v) is 3.17. The molecule has 2 atom stereocenters. The fourth-order valence-corrected chi connectivity index (χ4v) is 1.54. The number of rotatable bonds is 3. The Morgan fingerprint density at radius 2 is 1.69 bits per heavy atom. The largest absolute Gasteiger partial charge is 0.307 e. The van der Waals surface area contributed by atoms with Gasteiger partial charge in [-0.1, -0.05) is 39.0 Å². The van der Waals surface area contributed by atoms with Crippen molar-refractivity contribution in [1.29, 1.82) is 0 Å². The van der Waals surface area contributed by atoms with E-state index >= 15 is 0 Å². The normalized spacial score (nSPS) is 15.9. The molecule has 0 amide bonds. The summed E-state index contributed by atoms with van der Waals surface area (Å²) in [5.74, 6) is -0.136. The van der Waals surface area contributed by atoms with Crippen LogP contribution in [-0.2, 0) is 0 Å². The average Bonchev–Trinajstić information content (AvgIpc) is 2.16. The van der Waals surface area contributed by atoms with E-state index in [1.165, 1.54) is 6.07 Å². The Bertz CT molecular complexity index is 341. The molecule has 16 heavy (non-hydrogen) atoms. The molecule has 0 saturated heterocycles. The monoisotopic (exact) mass is 223 g/mol. The van der Waals surface area contributed by atoms with E-state index < -0.39 is 0 Å². The third-order valence-electron chi connectivity index (χ3n) is 3.17. The van der Waals surface area contributed by atoms with Crippen molar-refractivity contribution in [2.75, 3.05) is 0 Å². The molecule has 0 radical (unpaired) electrons. The number of nitrogens with one attached hydrogen (secondary N) is 1. The zero-order valence-electron chi connectivity index (χ0n) is 10.8. The van der Waals surface area contributed by atoms with Gasteiger partial charge in [0.2, 0.25) is 0 Å². The summed E-state index contributed by atoms with van der Waals surface area (Å²) in [6.45, 7) is 10.7. The zero-order valence-corrected chi connectivity index (χ0v) is 10.8. The highest BCUT2D eigenvalue weighted by molar-refractivity contribution is 5.20. The molecule has 0 aliphatic rings. The summed E-state index contributed by atoms with van der Waals surface area (Å²) in [6.07, 6.45) is 0. The summed E-state index contributed by atoms with van der Waals surface area (Å²) in [7, 11) is 0. The summed E-state index contributed by atoms with van der Waals surface area (Å²) in [4.78, 5) is 0. The van der Waals surface area contributed by atoms with Crippen LogP contribution < -0.4 is 5.32 Å². The highest BCUT2D eigenvalue weighted by Crippen LogP contribution is 2.23. The molecule has 0 fully saturated rings. The average molecular weight is 223 g/mol. The molecule has 2 unspecified atom stereocenters. The highest BCUT2D eigenvalue weighted by atomic mass is 19.1. The lowest BCUT2D eigenvalue weighted by Crippen LogP contribution is -2.39. The Morgan fingerprint density at radius 1 is 1.12 bits per heavy atom. The Balaban J connectivity index is 2.73. The van der Waals surface area contributed by atoms with Gasteiger partial charge in [0.05, 0.1) is 0 Å². The summed E-state index contributed by atoms with van der Waals surface area (Å²) < 4.78 is 13.5. The van der Waals surface area contributed by atoms with Crippen LogP contribution in [0.4, 0.5) is 4.39 Å². The van der Waals surface area contributed by atoms with Gasteiger partial charge < -0.3 is 5.32 Å². The lowest BCUT2D eigenvalue weighted by molar-refractivity contribution is 0.266. The van der Waals surface area contributed by atoms with Gasteiger partial charge in [0.1, 0.15) is 5.82 Å². The fraction of sp³-hybridized carbons (Fsp3) is 0.571. The molecule has 1 rings (SSSR count). The second-order valence-electron chi connectivity index (χ2n) is 5.50. The van der Waals surface area contributed by atoms with Gasteiger partial charge in [-0.15, -0.1) is 0 Å². The number of benzene rings is 1. The van der Waals surface area contributed by atoms with E-state index in [9.17, 15) is 4.39 Å². The van der Waals surface area contributed by atoms with E-state index in [2.05, 4.69) is 33.0 Å². The van der Waals surface area contributed by atoms with Crippen molar-refractivity contribution in [3.8, 4) is 0 Å². The number of halogens is 1. The Hall–Kier alpha value is -0.890. The number of hydrogen-bond donors (Lipinski definition) is 1. The van der Waals surface area contributed by atoms with Crippen molar-refractivity contribution >= 4 is 0 Å². The highest BCUT2D eigenvalue weighted by Gasteiger charge is 2.22. The molecule has 0 spiro atoms. The standard InChI is InChI=1S/C14H22FN/c1-10(16-11(2)14(3,4)5)12-8-6-7-9-13(12)15/h6-11,16H,1-5H3. The minimum atomic E-state index is -0.136. The second kappa shape index (κ2) is 4.96. The molecule has 0 saturated carbocycles. The maximum absolute atomic E-state index is 13.5. The van der Waals surface area contributed by atoms with Crippen LogP contribution in [-0.4, -0.2) is 6.04 Å². The summed E-state index contributed by atoms with van der Waals surface area (Å²) in [5.41, 5.74) is 0.915. The second-order valence-corrected chi connectivity index (χ2v) is 5.50. The molecule has 0 aliphatic carbocycles. The van der Waals surface area contributed by atoms with E-state index in [1.807, 2.05) is 19.1 Å². The third kappa shape index (κ3) is 3.31.